The molecule has 0 saturated heterocycles. The van der Waals surface area contributed by atoms with Gasteiger partial charge in [0.15, 0.2) is 5.82 Å². The summed E-state index contributed by atoms with van der Waals surface area (Å²) in [6.45, 7) is 4.24. The van der Waals surface area contributed by atoms with Crippen molar-refractivity contribution in [3.05, 3.63) is 48.2 Å². The van der Waals surface area contributed by atoms with Crippen LogP contribution in [0.4, 0.5) is 21.2 Å². The third kappa shape index (κ3) is 4.51. The molecule has 4 amide bonds. The molecule has 0 fully saturated rings. The molecule has 3 aromatic rings. The highest BCUT2D eigenvalue weighted by atomic mass is 16.2. The van der Waals surface area contributed by atoms with Gasteiger partial charge in [-0.3, -0.25) is 15.7 Å². The van der Waals surface area contributed by atoms with Crippen molar-refractivity contribution < 1.29 is 9.59 Å². The Hall–Kier alpha value is -3.62. The van der Waals surface area contributed by atoms with Gasteiger partial charge in [-0.25, -0.2) is 14.6 Å². The largest absolute Gasteiger partial charge is 0.338 e. The molecule has 140 valence electrons. The molecular weight excluding hydrogens is 346 g/mol. The second kappa shape index (κ2) is 8.17. The van der Waals surface area contributed by atoms with E-state index < -0.39 is 0 Å². The van der Waals surface area contributed by atoms with E-state index in [9.17, 15) is 9.59 Å². The van der Waals surface area contributed by atoms with Gasteiger partial charge in [-0.15, -0.1) is 0 Å². The number of fused-ring (bicyclic) bond motifs is 1. The Balaban J connectivity index is 1.65. The summed E-state index contributed by atoms with van der Waals surface area (Å²) in [7, 11) is 0. The number of amides is 4. The second-order valence-corrected chi connectivity index (χ2v) is 5.90. The van der Waals surface area contributed by atoms with Crippen molar-refractivity contribution >= 4 is 34.6 Å². The van der Waals surface area contributed by atoms with Crippen molar-refractivity contribution in [2.75, 3.05) is 17.2 Å². The van der Waals surface area contributed by atoms with E-state index in [1.807, 2.05) is 44.2 Å². The zero-order valence-electron chi connectivity index (χ0n) is 15.0. The third-order valence-electron chi connectivity index (χ3n) is 3.91. The van der Waals surface area contributed by atoms with Gasteiger partial charge in [0.05, 0.1) is 16.9 Å². The standard InChI is InChI=1S/C18H21N7O2/c1-3-19-17(26)23-16-13-10-20-15(9-14(13)24-25-16)22-18(27)21-11(2)12-7-5-4-6-8-12/h4-11H,3H2,1-2H3,(H2,20,21,22,27)(H3,19,23,24,25,26). The first-order valence-corrected chi connectivity index (χ1v) is 8.58. The van der Waals surface area contributed by atoms with Crippen molar-refractivity contribution in [3.63, 3.8) is 0 Å². The van der Waals surface area contributed by atoms with Crippen LogP contribution >= 0.6 is 0 Å². The van der Waals surface area contributed by atoms with Crippen LogP contribution < -0.4 is 21.3 Å². The Morgan fingerprint density at radius 3 is 2.67 bits per heavy atom. The van der Waals surface area contributed by atoms with E-state index in [-0.39, 0.29) is 18.1 Å². The molecule has 0 aliphatic rings. The Morgan fingerprint density at radius 1 is 1.15 bits per heavy atom. The van der Waals surface area contributed by atoms with E-state index in [4.69, 9.17) is 0 Å². The molecule has 3 rings (SSSR count). The van der Waals surface area contributed by atoms with Crippen molar-refractivity contribution in [3.8, 4) is 0 Å². The Bertz CT molecular complexity index is 939. The molecule has 0 spiro atoms. The molecule has 0 aliphatic carbocycles. The van der Waals surface area contributed by atoms with E-state index in [0.29, 0.717) is 29.1 Å². The normalized spacial score (nSPS) is 11.6. The lowest BCUT2D eigenvalue weighted by Crippen LogP contribution is -2.31. The van der Waals surface area contributed by atoms with E-state index >= 15 is 0 Å². The van der Waals surface area contributed by atoms with Crippen LogP contribution in [-0.4, -0.2) is 33.8 Å². The van der Waals surface area contributed by atoms with Crippen molar-refractivity contribution in [1.29, 1.82) is 0 Å². The number of rotatable bonds is 5. The van der Waals surface area contributed by atoms with Gasteiger partial charge in [0, 0.05) is 18.8 Å². The summed E-state index contributed by atoms with van der Waals surface area (Å²) in [6.07, 6.45) is 1.54. The van der Waals surface area contributed by atoms with Gasteiger partial charge < -0.3 is 10.6 Å². The smallest absolute Gasteiger partial charge is 0.320 e. The predicted molar refractivity (Wildman–Crippen MR) is 104 cm³/mol. The minimum Gasteiger partial charge on any atom is -0.338 e. The number of aromatic amines is 1. The van der Waals surface area contributed by atoms with Gasteiger partial charge in [0.1, 0.15) is 5.82 Å². The molecule has 27 heavy (non-hydrogen) atoms. The Labute approximate surface area is 155 Å². The van der Waals surface area contributed by atoms with Crippen LogP contribution in [0.1, 0.15) is 25.5 Å². The highest BCUT2D eigenvalue weighted by molar-refractivity contribution is 5.99. The number of aromatic nitrogens is 3. The summed E-state index contributed by atoms with van der Waals surface area (Å²) in [4.78, 5) is 28.0. The van der Waals surface area contributed by atoms with E-state index in [1.54, 1.807) is 6.07 Å². The zero-order chi connectivity index (χ0) is 19.2. The maximum absolute atomic E-state index is 12.2. The second-order valence-electron chi connectivity index (χ2n) is 5.90. The molecule has 0 aliphatic heterocycles. The van der Waals surface area contributed by atoms with E-state index in [0.717, 1.165) is 5.56 Å². The monoisotopic (exact) mass is 367 g/mol. The SMILES string of the molecule is CCNC(=O)Nc1n[nH]c2cc(NC(=O)NC(C)c3ccccc3)ncc12. The van der Waals surface area contributed by atoms with Gasteiger partial charge >= 0.3 is 12.1 Å². The molecular formula is C18H21N7O2. The number of anilines is 2. The molecule has 0 bridgehead atoms. The van der Waals surface area contributed by atoms with Crippen LogP contribution in [-0.2, 0) is 0 Å². The molecule has 0 radical (unpaired) electrons. The quantitative estimate of drug-likeness (QED) is 0.475. The highest BCUT2D eigenvalue weighted by Crippen LogP contribution is 2.21. The molecule has 9 heteroatoms. The summed E-state index contributed by atoms with van der Waals surface area (Å²) < 4.78 is 0. The number of carbonyl (C=O) groups excluding carboxylic acids is 2. The topological polar surface area (TPSA) is 124 Å². The number of hydrogen-bond donors (Lipinski definition) is 5. The number of urea groups is 2. The van der Waals surface area contributed by atoms with Crippen LogP contribution in [0.3, 0.4) is 0 Å². The molecule has 5 N–H and O–H groups in total. The summed E-state index contributed by atoms with van der Waals surface area (Å²) in [5, 5.41) is 18.3. The molecule has 9 nitrogen and oxygen atoms in total. The summed E-state index contributed by atoms with van der Waals surface area (Å²) in [5.74, 6) is 0.741. The number of hydrogen-bond acceptors (Lipinski definition) is 4. The minimum absolute atomic E-state index is 0.144. The Kier molecular flexibility index (Phi) is 5.50. The minimum atomic E-state index is -0.363. The molecule has 2 aromatic heterocycles. The Morgan fingerprint density at radius 2 is 1.93 bits per heavy atom. The summed E-state index contributed by atoms with van der Waals surface area (Å²) >= 11 is 0. The van der Waals surface area contributed by atoms with Crippen LogP contribution in [0.5, 0.6) is 0 Å². The highest BCUT2D eigenvalue weighted by Gasteiger charge is 2.12. The van der Waals surface area contributed by atoms with Crippen molar-refractivity contribution in [2.45, 2.75) is 19.9 Å². The zero-order valence-corrected chi connectivity index (χ0v) is 15.0. The van der Waals surface area contributed by atoms with Crippen LogP contribution in [0.25, 0.3) is 10.9 Å². The lowest BCUT2D eigenvalue weighted by atomic mass is 10.1. The number of carbonyl (C=O) groups is 2. The first-order chi connectivity index (χ1) is 13.1. The fourth-order valence-corrected chi connectivity index (χ4v) is 2.56. The first-order valence-electron chi connectivity index (χ1n) is 8.58. The molecule has 2 heterocycles. The maximum Gasteiger partial charge on any atom is 0.320 e. The van der Waals surface area contributed by atoms with Gasteiger partial charge in [-0.05, 0) is 19.4 Å². The lowest BCUT2D eigenvalue weighted by Gasteiger charge is -2.14. The van der Waals surface area contributed by atoms with Crippen LogP contribution in [0.15, 0.2) is 42.6 Å². The van der Waals surface area contributed by atoms with Gasteiger partial charge in [0.2, 0.25) is 0 Å². The average molecular weight is 367 g/mol. The molecule has 1 atom stereocenters. The van der Waals surface area contributed by atoms with Gasteiger partial charge in [-0.2, -0.15) is 5.10 Å². The predicted octanol–water partition coefficient (Wildman–Crippen LogP) is 2.98. The van der Waals surface area contributed by atoms with E-state index in [2.05, 4.69) is 36.4 Å². The fourth-order valence-electron chi connectivity index (χ4n) is 2.56. The lowest BCUT2D eigenvalue weighted by molar-refractivity contribution is 0.249. The number of pyridine rings is 1. The third-order valence-corrected chi connectivity index (χ3v) is 3.91. The molecule has 0 saturated carbocycles. The number of nitrogens with zero attached hydrogens (tertiary/aromatic N) is 2. The van der Waals surface area contributed by atoms with Gasteiger partial charge in [-0.1, -0.05) is 30.3 Å². The maximum atomic E-state index is 12.2. The van der Waals surface area contributed by atoms with Crippen molar-refractivity contribution in [1.82, 2.24) is 25.8 Å². The van der Waals surface area contributed by atoms with Gasteiger partial charge in [0.25, 0.3) is 0 Å². The van der Waals surface area contributed by atoms with E-state index in [1.165, 1.54) is 6.20 Å². The van der Waals surface area contributed by atoms with Crippen LogP contribution in [0.2, 0.25) is 0 Å². The number of nitrogens with one attached hydrogen (secondary N) is 5. The van der Waals surface area contributed by atoms with Crippen molar-refractivity contribution in [2.24, 2.45) is 0 Å². The number of benzene rings is 1. The average Bonchev–Trinajstić information content (AvgIpc) is 3.04. The molecule has 1 unspecified atom stereocenters. The first kappa shape index (κ1) is 18.2. The fraction of sp³-hybridized carbons (Fsp3) is 0.222. The summed E-state index contributed by atoms with van der Waals surface area (Å²) in [6, 6.07) is 10.5. The molecule has 1 aromatic carbocycles. The van der Waals surface area contributed by atoms with Crippen LogP contribution in [0, 0.1) is 0 Å². The summed E-state index contributed by atoms with van der Waals surface area (Å²) in [5.41, 5.74) is 1.65. The number of H-pyrrole nitrogens is 1.